The lowest BCUT2D eigenvalue weighted by atomic mass is 9.75. The molecule has 1 N–H and O–H groups in total. The fraction of sp³-hybridized carbons (Fsp3) is 0.692. The molecule has 20 heavy (non-hydrogen) atoms. The maximum Gasteiger partial charge on any atom is 0.307 e. The summed E-state index contributed by atoms with van der Waals surface area (Å²) < 4.78 is 1.30. The number of carbonyl (C=O) groups excluding carboxylic acids is 1. The molecule has 1 fully saturated rings. The van der Waals surface area contributed by atoms with Crippen molar-refractivity contribution in [2.24, 2.45) is 5.92 Å². The SMILES string of the molecule is CC1CCCCC1(C)NC(=O)Cn1cc([N+](=O)[O-])cn1. The molecule has 1 aromatic rings. The summed E-state index contributed by atoms with van der Waals surface area (Å²) in [4.78, 5) is 22.1. The lowest BCUT2D eigenvalue weighted by molar-refractivity contribution is -0.385. The first kappa shape index (κ1) is 14.5. The van der Waals surface area contributed by atoms with Crippen LogP contribution in [0.3, 0.4) is 0 Å². The van der Waals surface area contributed by atoms with E-state index in [1.54, 1.807) is 0 Å². The Kier molecular flexibility index (Phi) is 4.06. The third-order valence-corrected chi connectivity index (χ3v) is 4.23. The van der Waals surface area contributed by atoms with Crippen LogP contribution in [0.1, 0.15) is 39.5 Å². The highest BCUT2D eigenvalue weighted by Gasteiger charge is 2.34. The Labute approximate surface area is 117 Å². The van der Waals surface area contributed by atoms with Crippen molar-refractivity contribution in [1.82, 2.24) is 15.1 Å². The van der Waals surface area contributed by atoms with E-state index < -0.39 is 4.92 Å². The molecule has 0 saturated heterocycles. The lowest BCUT2D eigenvalue weighted by Gasteiger charge is -2.40. The standard InChI is InChI=1S/C13H20N4O3/c1-10-5-3-4-6-13(10,2)15-12(18)9-16-8-11(7-14-16)17(19)20/h7-8,10H,3-6,9H2,1-2H3,(H,15,18). The van der Waals surface area contributed by atoms with Crippen LogP contribution in [0.4, 0.5) is 5.69 Å². The predicted octanol–water partition coefficient (Wildman–Crippen LogP) is 1.88. The van der Waals surface area contributed by atoms with Crippen molar-refractivity contribution >= 4 is 11.6 Å². The summed E-state index contributed by atoms with van der Waals surface area (Å²) in [6.45, 7) is 4.23. The zero-order valence-electron chi connectivity index (χ0n) is 11.8. The summed E-state index contributed by atoms with van der Waals surface area (Å²) in [7, 11) is 0. The molecule has 0 bridgehead atoms. The maximum absolute atomic E-state index is 12.1. The zero-order chi connectivity index (χ0) is 14.8. The number of carbonyl (C=O) groups is 1. The Morgan fingerprint density at radius 2 is 2.40 bits per heavy atom. The van der Waals surface area contributed by atoms with Crippen molar-refractivity contribution in [3.8, 4) is 0 Å². The Bertz CT molecular complexity index is 513. The molecule has 0 radical (unpaired) electrons. The molecule has 1 saturated carbocycles. The van der Waals surface area contributed by atoms with Gasteiger partial charge in [-0.05, 0) is 25.7 Å². The second-order valence-corrected chi connectivity index (χ2v) is 5.77. The molecular formula is C13H20N4O3. The van der Waals surface area contributed by atoms with Crippen LogP contribution in [0.5, 0.6) is 0 Å². The topological polar surface area (TPSA) is 90.1 Å². The van der Waals surface area contributed by atoms with Gasteiger partial charge in [0.15, 0.2) is 0 Å². The normalized spacial score (nSPS) is 26.2. The van der Waals surface area contributed by atoms with E-state index in [-0.39, 0.29) is 23.7 Å². The minimum Gasteiger partial charge on any atom is -0.349 e. The zero-order valence-corrected chi connectivity index (χ0v) is 11.8. The summed E-state index contributed by atoms with van der Waals surface area (Å²) >= 11 is 0. The van der Waals surface area contributed by atoms with Gasteiger partial charge in [0.05, 0.1) is 4.92 Å². The van der Waals surface area contributed by atoms with E-state index in [0.29, 0.717) is 5.92 Å². The monoisotopic (exact) mass is 280 g/mol. The van der Waals surface area contributed by atoms with Gasteiger partial charge in [-0.3, -0.25) is 19.6 Å². The largest absolute Gasteiger partial charge is 0.349 e. The van der Waals surface area contributed by atoms with Crippen LogP contribution < -0.4 is 5.32 Å². The molecule has 1 heterocycles. The van der Waals surface area contributed by atoms with Crippen molar-refractivity contribution in [2.75, 3.05) is 0 Å². The van der Waals surface area contributed by atoms with Gasteiger partial charge in [0, 0.05) is 5.54 Å². The molecule has 1 aromatic heterocycles. The molecule has 2 rings (SSSR count). The molecule has 7 nitrogen and oxygen atoms in total. The van der Waals surface area contributed by atoms with Gasteiger partial charge in [0.2, 0.25) is 5.91 Å². The van der Waals surface area contributed by atoms with Crippen molar-refractivity contribution in [1.29, 1.82) is 0 Å². The van der Waals surface area contributed by atoms with Gasteiger partial charge >= 0.3 is 5.69 Å². The first-order chi connectivity index (χ1) is 9.40. The van der Waals surface area contributed by atoms with Crippen LogP contribution in [0.25, 0.3) is 0 Å². The first-order valence-electron chi connectivity index (χ1n) is 6.88. The van der Waals surface area contributed by atoms with Gasteiger partial charge in [0.1, 0.15) is 18.9 Å². The van der Waals surface area contributed by atoms with Crippen LogP contribution in [-0.4, -0.2) is 26.1 Å². The Balaban J connectivity index is 1.96. The summed E-state index contributed by atoms with van der Waals surface area (Å²) in [5.41, 5.74) is -0.288. The second-order valence-electron chi connectivity index (χ2n) is 5.77. The second kappa shape index (κ2) is 5.60. The number of hydrogen-bond donors (Lipinski definition) is 1. The summed E-state index contributed by atoms with van der Waals surface area (Å²) in [5, 5.41) is 17.5. The number of nitrogens with one attached hydrogen (secondary N) is 1. The molecule has 2 atom stereocenters. The average molecular weight is 280 g/mol. The average Bonchev–Trinajstić information content (AvgIpc) is 2.81. The van der Waals surface area contributed by atoms with E-state index in [2.05, 4.69) is 24.3 Å². The summed E-state index contributed by atoms with van der Waals surface area (Å²) in [5.74, 6) is 0.284. The van der Waals surface area contributed by atoms with Crippen LogP contribution in [0, 0.1) is 16.0 Å². The number of nitro groups is 1. The van der Waals surface area contributed by atoms with E-state index in [4.69, 9.17) is 0 Å². The van der Waals surface area contributed by atoms with Crippen LogP contribution in [0.2, 0.25) is 0 Å². The fourth-order valence-corrected chi connectivity index (χ4v) is 2.73. The number of aromatic nitrogens is 2. The first-order valence-corrected chi connectivity index (χ1v) is 6.88. The quantitative estimate of drug-likeness (QED) is 0.673. The Morgan fingerprint density at radius 3 is 3.00 bits per heavy atom. The maximum atomic E-state index is 12.1. The Morgan fingerprint density at radius 1 is 1.65 bits per heavy atom. The van der Waals surface area contributed by atoms with Gasteiger partial charge in [0.25, 0.3) is 0 Å². The van der Waals surface area contributed by atoms with E-state index >= 15 is 0 Å². The molecule has 0 spiro atoms. The minimum absolute atomic E-state index is 0.0101. The van der Waals surface area contributed by atoms with E-state index in [1.807, 2.05) is 0 Å². The number of hydrogen-bond acceptors (Lipinski definition) is 4. The van der Waals surface area contributed by atoms with Crippen molar-refractivity contribution in [2.45, 2.75) is 51.6 Å². The Hall–Kier alpha value is -1.92. The van der Waals surface area contributed by atoms with Crippen molar-refractivity contribution in [3.05, 3.63) is 22.5 Å². The fourth-order valence-electron chi connectivity index (χ4n) is 2.73. The van der Waals surface area contributed by atoms with Gasteiger partial charge in [-0.1, -0.05) is 19.8 Å². The molecule has 1 aliphatic carbocycles. The number of rotatable bonds is 4. The van der Waals surface area contributed by atoms with Gasteiger partial charge in [-0.2, -0.15) is 5.10 Å². The summed E-state index contributed by atoms with van der Waals surface area (Å²) in [6.07, 6.45) is 6.83. The highest BCUT2D eigenvalue weighted by atomic mass is 16.6. The highest BCUT2D eigenvalue weighted by Crippen LogP contribution is 2.33. The summed E-state index contributed by atoms with van der Waals surface area (Å²) in [6, 6.07) is 0. The van der Waals surface area contributed by atoms with Crippen LogP contribution >= 0.6 is 0 Å². The highest BCUT2D eigenvalue weighted by molar-refractivity contribution is 5.76. The van der Waals surface area contributed by atoms with Gasteiger partial charge in [-0.15, -0.1) is 0 Å². The van der Waals surface area contributed by atoms with Gasteiger partial charge < -0.3 is 5.32 Å². The third-order valence-electron chi connectivity index (χ3n) is 4.23. The smallest absolute Gasteiger partial charge is 0.307 e. The van der Waals surface area contributed by atoms with Crippen LogP contribution in [-0.2, 0) is 11.3 Å². The van der Waals surface area contributed by atoms with E-state index in [9.17, 15) is 14.9 Å². The minimum atomic E-state index is -0.522. The van der Waals surface area contributed by atoms with E-state index in [0.717, 1.165) is 25.5 Å². The molecule has 1 amide bonds. The third kappa shape index (κ3) is 3.15. The molecule has 110 valence electrons. The van der Waals surface area contributed by atoms with Crippen molar-refractivity contribution in [3.63, 3.8) is 0 Å². The lowest BCUT2D eigenvalue weighted by Crippen LogP contribution is -2.53. The molecule has 7 heteroatoms. The van der Waals surface area contributed by atoms with E-state index in [1.165, 1.54) is 17.3 Å². The number of nitrogens with zero attached hydrogens (tertiary/aromatic N) is 3. The molecule has 2 unspecified atom stereocenters. The van der Waals surface area contributed by atoms with Crippen molar-refractivity contribution < 1.29 is 9.72 Å². The van der Waals surface area contributed by atoms with Crippen LogP contribution in [0.15, 0.2) is 12.4 Å². The molecular weight excluding hydrogens is 260 g/mol. The predicted molar refractivity (Wildman–Crippen MR) is 73.1 cm³/mol. The molecule has 0 aliphatic heterocycles. The molecule has 0 aromatic carbocycles. The number of amides is 1. The van der Waals surface area contributed by atoms with Gasteiger partial charge in [-0.25, -0.2) is 0 Å². The molecule has 1 aliphatic rings.